The number of anilines is 1. The number of nitrogens with one attached hydrogen (secondary N) is 1. The molecule has 0 spiro atoms. The summed E-state index contributed by atoms with van der Waals surface area (Å²) < 4.78 is 2.40. The second kappa shape index (κ2) is 4.97. The van der Waals surface area contributed by atoms with Gasteiger partial charge in [0.25, 0.3) is 0 Å². The lowest BCUT2D eigenvalue weighted by Crippen LogP contribution is -2.05. The summed E-state index contributed by atoms with van der Waals surface area (Å²) in [5, 5.41) is 11.0. The van der Waals surface area contributed by atoms with E-state index in [9.17, 15) is 0 Å². The summed E-state index contributed by atoms with van der Waals surface area (Å²) in [5.74, 6) is 0. The molecule has 106 valence electrons. The first-order chi connectivity index (χ1) is 10.8. The summed E-state index contributed by atoms with van der Waals surface area (Å²) in [7, 11) is 0. The van der Waals surface area contributed by atoms with Crippen LogP contribution in [0.3, 0.4) is 0 Å². The van der Waals surface area contributed by atoms with Crippen molar-refractivity contribution in [2.45, 2.75) is 0 Å². The quantitative estimate of drug-likeness (QED) is 0.395. The Morgan fingerprint density at radius 1 is 0.773 bits per heavy atom. The van der Waals surface area contributed by atoms with E-state index in [1.54, 1.807) is 11.3 Å². The molecule has 0 aliphatic carbocycles. The Kier molecular flexibility index (Phi) is 2.94. The van der Waals surface area contributed by atoms with E-state index in [1.165, 1.54) is 15.5 Å². The van der Waals surface area contributed by atoms with E-state index in [4.69, 9.17) is 11.1 Å². The molecule has 0 radical (unpaired) electrons. The van der Waals surface area contributed by atoms with Crippen LogP contribution < -0.4 is 5.73 Å². The van der Waals surface area contributed by atoms with Crippen molar-refractivity contribution in [3.05, 3.63) is 77.9 Å². The molecule has 0 aliphatic heterocycles. The predicted molar refractivity (Wildman–Crippen MR) is 96.1 cm³/mol. The Hall–Kier alpha value is -2.65. The Morgan fingerprint density at radius 3 is 2.32 bits per heavy atom. The van der Waals surface area contributed by atoms with Crippen LogP contribution in [0.5, 0.6) is 0 Å². The first-order valence-corrected chi connectivity index (χ1v) is 7.91. The van der Waals surface area contributed by atoms with Gasteiger partial charge in [0.2, 0.25) is 0 Å². The van der Waals surface area contributed by atoms with Crippen LogP contribution in [-0.2, 0) is 0 Å². The molecule has 4 aromatic rings. The van der Waals surface area contributed by atoms with E-state index < -0.39 is 0 Å². The largest absolute Gasteiger partial charge is 0.398 e. The number of hydrogen-bond donors (Lipinski definition) is 2. The Morgan fingerprint density at radius 2 is 1.45 bits per heavy atom. The van der Waals surface area contributed by atoms with Gasteiger partial charge < -0.3 is 5.73 Å². The number of nitrogens with two attached hydrogens (primary N) is 1. The van der Waals surface area contributed by atoms with Gasteiger partial charge in [0.05, 0.1) is 5.71 Å². The summed E-state index contributed by atoms with van der Waals surface area (Å²) in [5.41, 5.74) is 8.89. The van der Waals surface area contributed by atoms with Crippen LogP contribution in [0.2, 0.25) is 0 Å². The van der Waals surface area contributed by atoms with E-state index >= 15 is 0 Å². The third-order valence-corrected chi connectivity index (χ3v) is 5.12. The Balaban J connectivity index is 1.99. The fraction of sp³-hybridized carbons (Fsp3) is 0. The minimum atomic E-state index is 0.482. The number of thiophene rings is 1. The van der Waals surface area contributed by atoms with Gasteiger partial charge in [0, 0.05) is 37.0 Å². The third kappa shape index (κ3) is 1.90. The van der Waals surface area contributed by atoms with Crippen LogP contribution in [0.4, 0.5) is 5.69 Å². The molecular weight excluding hydrogens is 288 g/mol. The van der Waals surface area contributed by atoms with Crippen molar-refractivity contribution in [1.82, 2.24) is 0 Å². The average Bonchev–Trinajstić information content (AvgIpc) is 2.93. The third-order valence-electron chi connectivity index (χ3n) is 3.90. The maximum Gasteiger partial charge on any atom is 0.0719 e. The van der Waals surface area contributed by atoms with Crippen molar-refractivity contribution < 1.29 is 0 Å². The van der Waals surface area contributed by atoms with Crippen molar-refractivity contribution in [1.29, 1.82) is 5.41 Å². The highest BCUT2D eigenvalue weighted by molar-refractivity contribution is 7.26. The number of fused-ring (bicyclic) bond motifs is 3. The number of rotatable bonds is 2. The van der Waals surface area contributed by atoms with Crippen LogP contribution in [0, 0.1) is 5.41 Å². The zero-order valence-electron chi connectivity index (χ0n) is 11.8. The average molecular weight is 302 g/mol. The highest BCUT2D eigenvalue weighted by Gasteiger charge is 2.14. The van der Waals surface area contributed by atoms with Gasteiger partial charge >= 0.3 is 0 Å². The lowest BCUT2D eigenvalue weighted by molar-refractivity contribution is 1.47. The SMILES string of the molecule is N=C(c1ccccc1N)c1cccc2c1sc1ccccc12. The molecule has 22 heavy (non-hydrogen) atoms. The molecule has 0 unspecified atom stereocenters. The standard InChI is InChI=1S/C19H14N2S/c20-16-10-3-1-7-14(16)18(21)15-9-5-8-13-12-6-2-4-11-17(12)22-19(13)15/h1-11,21H,20H2. The summed E-state index contributed by atoms with van der Waals surface area (Å²) in [6, 6.07) is 22.1. The Labute approximate surface area is 132 Å². The van der Waals surface area contributed by atoms with E-state index in [2.05, 4.69) is 30.3 Å². The van der Waals surface area contributed by atoms with E-state index in [1.807, 2.05) is 36.4 Å². The maximum atomic E-state index is 8.59. The number of nitrogen functional groups attached to an aromatic ring is 1. The van der Waals surface area contributed by atoms with Crippen LogP contribution >= 0.6 is 11.3 Å². The smallest absolute Gasteiger partial charge is 0.0719 e. The van der Waals surface area contributed by atoms with Gasteiger partial charge in [-0.25, -0.2) is 0 Å². The van der Waals surface area contributed by atoms with Gasteiger partial charge in [-0.05, 0) is 12.1 Å². The molecule has 0 fully saturated rings. The molecule has 0 bridgehead atoms. The number of benzene rings is 3. The van der Waals surface area contributed by atoms with Crippen LogP contribution in [0.1, 0.15) is 11.1 Å². The molecule has 0 atom stereocenters. The monoisotopic (exact) mass is 302 g/mol. The molecule has 1 heterocycles. The fourth-order valence-corrected chi connectivity index (χ4v) is 4.04. The molecule has 3 aromatic carbocycles. The van der Waals surface area contributed by atoms with E-state index in [-0.39, 0.29) is 0 Å². The summed E-state index contributed by atoms with van der Waals surface area (Å²) in [6.07, 6.45) is 0. The van der Waals surface area contributed by atoms with Gasteiger partial charge in [-0.15, -0.1) is 11.3 Å². The first kappa shape index (κ1) is 13.0. The summed E-state index contributed by atoms with van der Waals surface area (Å²) in [6.45, 7) is 0. The topological polar surface area (TPSA) is 49.9 Å². The van der Waals surface area contributed by atoms with E-state index in [0.717, 1.165) is 15.8 Å². The van der Waals surface area contributed by atoms with Gasteiger partial charge in [-0.3, -0.25) is 5.41 Å². The highest BCUT2D eigenvalue weighted by Crippen LogP contribution is 2.36. The summed E-state index contributed by atoms with van der Waals surface area (Å²) in [4.78, 5) is 0. The van der Waals surface area contributed by atoms with Crippen molar-refractivity contribution >= 4 is 42.9 Å². The molecule has 3 N–H and O–H groups in total. The minimum absolute atomic E-state index is 0.482. The van der Waals surface area contributed by atoms with Crippen molar-refractivity contribution in [3.63, 3.8) is 0 Å². The van der Waals surface area contributed by atoms with Crippen LogP contribution in [0.15, 0.2) is 66.7 Å². The lowest BCUT2D eigenvalue weighted by Gasteiger charge is -2.08. The number of para-hydroxylation sites is 1. The van der Waals surface area contributed by atoms with Gasteiger partial charge in [-0.1, -0.05) is 54.6 Å². The molecule has 2 nitrogen and oxygen atoms in total. The van der Waals surface area contributed by atoms with Crippen molar-refractivity contribution in [2.24, 2.45) is 0 Å². The van der Waals surface area contributed by atoms with Gasteiger partial charge in [0.15, 0.2) is 0 Å². The molecule has 0 aliphatic rings. The molecule has 1 aromatic heterocycles. The molecule has 3 heteroatoms. The Bertz CT molecular complexity index is 1010. The van der Waals surface area contributed by atoms with Gasteiger partial charge in [-0.2, -0.15) is 0 Å². The zero-order chi connectivity index (χ0) is 15.1. The summed E-state index contributed by atoms with van der Waals surface area (Å²) >= 11 is 1.74. The minimum Gasteiger partial charge on any atom is -0.398 e. The highest BCUT2D eigenvalue weighted by atomic mass is 32.1. The number of hydrogen-bond acceptors (Lipinski definition) is 3. The first-order valence-electron chi connectivity index (χ1n) is 7.10. The zero-order valence-corrected chi connectivity index (χ0v) is 12.7. The van der Waals surface area contributed by atoms with Crippen molar-refractivity contribution in [3.8, 4) is 0 Å². The second-order valence-corrected chi connectivity index (χ2v) is 6.29. The van der Waals surface area contributed by atoms with Crippen LogP contribution in [0.25, 0.3) is 20.2 Å². The van der Waals surface area contributed by atoms with E-state index in [0.29, 0.717) is 11.4 Å². The molecule has 4 rings (SSSR count). The normalized spacial score (nSPS) is 11.1. The molecule has 0 saturated heterocycles. The maximum absolute atomic E-state index is 8.59. The molecule has 0 amide bonds. The lowest BCUT2D eigenvalue weighted by atomic mass is 9.99. The second-order valence-electron chi connectivity index (χ2n) is 5.24. The molecular formula is C19H14N2S. The molecule has 0 saturated carbocycles. The fourth-order valence-electron chi connectivity index (χ4n) is 2.81. The predicted octanol–water partition coefficient (Wildman–Crippen LogP) is 5.05. The van der Waals surface area contributed by atoms with Crippen LogP contribution in [-0.4, -0.2) is 5.71 Å². The van der Waals surface area contributed by atoms with Gasteiger partial charge in [0.1, 0.15) is 0 Å². The van der Waals surface area contributed by atoms with Crippen molar-refractivity contribution in [2.75, 3.05) is 5.73 Å².